The molecule has 0 saturated heterocycles. The molecule has 0 aliphatic carbocycles. The number of nitrogens with zero attached hydrogens (tertiary/aromatic N) is 2. The lowest BCUT2D eigenvalue weighted by Gasteiger charge is -2.05. The van der Waals surface area contributed by atoms with Gasteiger partial charge in [0.1, 0.15) is 17.5 Å². The van der Waals surface area contributed by atoms with Gasteiger partial charge in [0.2, 0.25) is 5.91 Å². The molecule has 96 valence electrons. The number of aromatic nitrogens is 2. The highest BCUT2D eigenvalue weighted by atomic mass is 16.1. The number of hydrogen-bond donors (Lipinski definition) is 4. The third kappa shape index (κ3) is 2.81. The molecule has 2 rings (SSSR count). The molecule has 19 heavy (non-hydrogen) atoms. The van der Waals surface area contributed by atoms with E-state index in [9.17, 15) is 4.79 Å². The smallest absolute Gasteiger partial charge is 0.221 e. The van der Waals surface area contributed by atoms with Gasteiger partial charge in [-0.2, -0.15) is 10.4 Å². The summed E-state index contributed by atoms with van der Waals surface area (Å²) in [6.45, 7) is 1.44. The van der Waals surface area contributed by atoms with Gasteiger partial charge in [-0.25, -0.2) is 0 Å². The monoisotopic (exact) mass is 256 g/mol. The molecule has 0 radical (unpaired) electrons. The van der Waals surface area contributed by atoms with Gasteiger partial charge in [0.25, 0.3) is 0 Å². The normalized spacial score (nSPS) is 9.68. The minimum atomic E-state index is -0.132. The van der Waals surface area contributed by atoms with Gasteiger partial charge in [0.15, 0.2) is 5.82 Å². The number of anilines is 4. The van der Waals surface area contributed by atoms with E-state index in [0.29, 0.717) is 11.5 Å². The van der Waals surface area contributed by atoms with Crippen LogP contribution in [0.1, 0.15) is 12.5 Å². The number of rotatable bonds is 3. The zero-order chi connectivity index (χ0) is 13.8. The van der Waals surface area contributed by atoms with Gasteiger partial charge < -0.3 is 16.4 Å². The Kier molecular flexibility index (Phi) is 3.34. The number of hydrogen-bond acceptors (Lipinski definition) is 5. The van der Waals surface area contributed by atoms with Crippen molar-refractivity contribution in [2.45, 2.75) is 6.92 Å². The van der Waals surface area contributed by atoms with E-state index >= 15 is 0 Å². The highest BCUT2D eigenvalue weighted by Crippen LogP contribution is 2.22. The molecule has 2 aromatic rings. The number of nitrogen functional groups attached to an aromatic ring is 1. The van der Waals surface area contributed by atoms with Crippen molar-refractivity contribution >= 4 is 28.9 Å². The Morgan fingerprint density at radius 3 is 2.58 bits per heavy atom. The van der Waals surface area contributed by atoms with Gasteiger partial charge in [-0.3, -0.25) is 9.89 Å². The van der Waals surface area contributed by atoms with Crippen LogP contribution in [0.3, 0.4) is 0 Å². The van der Waals surface area contributed by atoms with E-state index in [1.165, 1.54) is 6.92 Å². The highest BCUT2D eigenvalue weighted by Gasteiger charge is 2.10. The lowest BCUT2D eigenvalue weighted by Crippen LogP contribution is -2.05. The third-order valence-electron chi connectivity index (χ3n) is 2.37. The van der Waals surface area contributed by atoms with Crippen LogP contribution in [0.5, 0.6) is 0 Å². The summed E-state index contributed by atoms with van der Waals surface area (Å²) in [5.74, 6) is 0.458. The second-order valence-corrected chi connectivity index (χ2v) is 3.86. The lowest BCUT2D eigenvalue weighted by molar-refractivity contribution is -0.114. The summed E-state index contributed by atoms with van der Waals surface area (Å²) in [7, 11) is 0. The molecule has 7 nitrogen and oxygen atoms in total. The van der Waals surface area contributed by atoms with Crippen molar-refractivity contribution in [1.82, 2.24) is 10.2 Å². The van der Waals surface area contributed by atoms with Gasteiger partial charge in [-0.15, -0.1) is 0 Å². The number of H-pyrrole nitrogens is 1. The Labute approximate surface area is 109 Å². The van der Waals surface area contributed by atoms with Crippen molar-refractivity contribution in [1.29, 1.82) is 5.26 Å². The maximum absolute atomic E-state index is 10.9. The molecule has 0 saturated carbocycles. The second kappa shape index (κ2) is 5.10. The molecule has 0 bridgehead atoms. The molecule has 0 unspecified atom stereocenters. The summed E-state index contributed by atoms with van der Waals surface area (Å²) < 4.78 is 0. The van der Waals surface area contributed by atoms with E-state index in [-0.39, 0.29) is 17.3 Å². The highest BCUT2D eigenvalue weighted by molar-refractivity contribution is 5.88. The number of carbonyl (C=O) groups excluding carboxylic acids is 1. The van der Waals surface area contributed by atoms with Crippen LogP contribution in [0.25, 0.3) is 0 Å². The van der Waals surface area contributed by atoms with E-state index in [1.54, 1.807) is 24.3 Å². The summed E-state index contributed by atoms with van der Waals surface area (Å²) in [5, 5.41) is 21.0. The largest absolute Gasteiger partial charge is 0.383 e. The molecule has 0 aliphatic heterocycles. The Hall–Kier alpha value is -3.01. The van der Waals surface area contributed by atoms with Gasteiger partial charge in [0, 0.05) is 18.3 Å². The topological polar surface area (TPSA) is 120 Å². The van der Waals surface area contributed by atoms with Crippen LogP contribution in [0.15, 0.2) is 24.3 Å². The van der Waals surface area contributed by atoms with Crippen LogP contribution in [0.4, 0.5) is 23.0 Å². The van der Waals surface area contributed by atoms with E-state index in [2.05, 4.69) is 20.8 Å². The van der Waals surface area contributed by atoms with E-state index < -0.39 is 0 Å². The second-order valence-electron chi connectivity index (χ2n) is 3.86. The number of nitrogens with one attached hydrogen (secondary N) is 3. The van der Waals surface area contributed by atoms with E-state index in [4.69, 9.17) is 11.0 Å². The number of amides is 1. The number of nitrogens with two attached hydrogens (primary N) is 1. The summed E-state index contributed by atoms with van der Waals surface area (Å²) in [4.78, 5) is 10.9. The first-order valence-electron chi connectivity index (χ1n) is 5.48. The Balaban J connectivity index is 2.15. The predicted octanol–water partition coefficient (Wildman–Crippen LogP) is 1.57. The number of carbonyl (C=O) groups is 1. The molecule has 0 atom stereocenters. The van der Waals surface area contributed by atoms with Crippen molar-refractivity contribution in [3.63, 3.8) is 0 Å². The molecule has 5 N–H and O–H groups in total. The van der Waals surface area contributed by atoms with Gasteiger partial charge in [-0.1, -0.05) is 0 Å². The summed E-state index contributed by atoms with van der Waals surface area (Å²) >= 11 is 0. The van der Waals surface area contributed by atoms with Crippen molar-refractivity contribution < 1.29 is 4.79 Å². The number of nitriles is 1. The van der Waals surface area contributed by atoms with Crippen LogP contribution in [0, 0.1) is 11.3 Å². The summed E-state index contributed by atoms with van der Waals surface area (Å²) in [6.07, 6.45) is 0. The molecule has 1 aromatic carbocycles. The number of benzene rings is 1. The fourth-order valence-electron chi connectivity index (χ4n) is 1.54. The number of aromatic amines is 1. The van der Waals surface area contributed by atoms with Gasteiger partial charge in [-0.05, 0) is 24.3 Å². The fourth-order valence-corrected chi connectivity index (χ4v) is 1.54. The Bertz CT molecular complexity index is 637. The average Bonchev–Trinajstić information content (AvgIpc) is 2.71. The van der Waals surface area contributed by atoms with Crippen molar-refractivity contribution in [2.24, 2.45) is 0 Å². The van der Waals surface area contributed by atoms with Gasteiger partial charge in [0.05, 0.1) is 0 Å². The molecule has 0 spiro atoms. The van der Waals surface area contributed by atoms with Crippen LogP contribution >= 0.6 is 0 Å². The first-order valence-corrected chi connectivity index (χ1v) is 5.48. The van der Waals surface area contributed by atoms with Crippen molar-refractivity contribution in [2.75, 3.05) is 16.4 Å². The minimum absolute atomic E-state index is 0.132. The SMILES string of the molecule is CC(=O)Nc1ccc(Nc2n[nH]c(N)c2C#N)cc1. The quantitative estimate of drug-likeness (QED) is 0.664. The van der Waals surface area contributed by atoms with Crippen LogP contribution in [-0.2, 0) is 4.79 Å². The average molecular weight is 256 g/mol. The molecule has 7 heteroatoms. The maximum Gasteiger partial charge on any atom is 0.221 e. The standard InChI is InChI=1S/C12H12N6O/c1-7(19)15-8-2-4-9(5-3-8)16-12-10(6-13)11(14)17-18-12/h2-5H,1H3,(H,15,19)(H4,14,16,17,18). The molecule has 1 amide bonds. The molecule has 0 fully saturated rings. The summed E-state index contributed by atoms with van der Waals surface area (Å²) in [5.41, 5.74) is 7.25. The first-order chi connectivity index (χ1) is 9.10. The molecule has 1 aromatic heterocycles. The van der Waals surface area contributed by atoms with Crippen LogP contribution in [-0.4, -0.2) is 16.1 Å². The fraction of sp³-hybridized carbons (Fsp3) is 0.0833. The zero-order valence-electron chi connectivity index (χ0n) is 10.2. The van der Waals surface area contributed by atoms with E-state index in [1.807, 2.05) is 6.07 Å². The molecule has 0 aliphatic rings. The molecular weight excluding hydrogens is 244 g/mol. The van der Waals surface area contributed by atoms with Crippen molar-refractivity contribution in [3.8, 4) is 6.07 Å². The first kappa shape index (κ1) is 12.4. The molecular formula is C12H12N6O. The summed E-state index contributed by atoms with van der Waals surface area (Å²) in [6, 6.07) is 8.97. The molecule has 1 heterocycles. The van der Waals surface area contributed by atoms with Crippen molar-refractivity contribution in [3.05, 3.63) is 29.8 Å². The van der Waals surface area contributed by atoms with Gasteiger partial charge >= 0.3 is 0 Å². The third-order valence-corrected chi connectivity index (χ3v) is 2.37. The lowest BCUT2D eigenvalue weighted by atomic mass is 10.2. The Morgan fingerprint density at radius 1 is 1.37 bits per heavy atom. The predicted molar refractivity (Wildman–Crippen MR) is 71.7 cm³/mol. The maximum atomic E-state index is 10.9. The Morgan fingerprint density at radius 2 is 2.00 bits per heavy atom. The minimum Gasteiger partial charge on any atom is -0.383 e. The van der Waals surface area contributed by atoms with E-state index in [0.717, 1.165) is 5.69 Å². The van der Waals surface area contributed by atoms with Crippen LogP contribution in [0.2, 0.25) is 0 Å². The zero-order valence-corrected chi connectivity index (χ0v) is 10.2. The van der Waals surface area contributed by atoms with Crippen LogP contribution < -0.4 is 16.4 Å².